The summed E-state index contributed by atoms with van der Waals surface area (Å²) in [7, 11) is 0. The van der Waals surface area contributed by atoms with Gasteiger partial charge in [-0.25, -0.2) is 0 Å². The summed E-state index contributed by atoms with van der Waals surface area (Å²) in [6.07, 6.45) is 2.12. The minimum Gasteiger partial charge on any atom is -0.483 e. The predicted molar refractivity (Wildman–Crippen MR) is 107 cm³/mol. The largest absolute Gasteiger partial charge is 0.483 e. The molecule has 0 bridgehead atoms. The molecule has 0 unspecified atom stereocenters. The fourth-order valence-corrected chi connectivity index (χ4v) is 3.26. The minimum absolute atomic E-state index is 0.0947. The lowest BCUT2D eigenvalue weighted by atomic mass is 10.1. The summed E-state index contributed by atoms with van der Waals surface area (Å²) < 4.78 is 16.7. The Labute approximate surface area is 169 Å². The zero-order valence-corrected chi connectivity index (χ0v) is 16.3. The van der Waals surface area contributed by atoms with Crippen LogP contribution in [-0.2, 0) is 9.53 Å². The van der Waals surface area contributed by atoms with Crippen LogP contribution in [-0.4, -0.2) is 41.9 Å². The predicted octanol–water partition coefficient (Wildman–Crippen LogP) is 3.39. The summed E-state index contributed by atoms with van der Waals surface area (Å²) in [5.41, 5.74) is 2.62. The zero-order valence-electron chi connectivity index (χ0n) is 16.3. The van der Waals surface area contributed by atoms with Crippen molar-refractivity contribution in [3.63, 3.8) is 0 Å². The number of ether oxygens (including phenoxy) is 2. The lowest BCUT2D eigenvalue weighted by Gasteiger charge is -2.12. The number of nitrogens with zero attached hydrogens (tertiary/aromatic N) is 2. The maximum Gasteiger partial charge on any atom is 0.262 e. The van der Waals surface area contributed by atoms with Gasteiger partial charge in [0.2, 0.25) is 5.82 Å². The fraction of sp³-hybridized carbons (Fsp3) is 0.318. The van der Waals surface area contributed by atoms with Crippen molar-refractivity contribution in [1.82, 2.24) is 15.5 Å². The Morgan fingerprint density at radius 2 is 1.97 bits per heavy atom. The highest BCUT2D eigenvalue weighted by molar-refractivity contribution is 5.78. The Kier molecular flexibility index (Phi) is 5.86. The van der Waals surface area contributed by atoms with E-state index in [1.54, 1.807) is 6.07 Å². The SMILES string of the molecule is Cc1ccccc1-c1noc(-c2ccccc2OCC(=O)NC[C@H]2CCCO2)n1. The Morgan fingerprint density at radius 1 is 1.17 bits per heavy atom. The van der Waals surface area contributed by atoms with Crippen molar-refractivity contribution in [3.8, 4) is 28.6 Å². The molecule has 0 spiro atoms. The van der Waals surface area contributed by atoms with Crippen LogP contribution in [0.3, 0.4) is 0 Å². The first-order valence-electron chi connectivity index (χ1n) is 9.71. The molecule has 3 aromatic rings. The summed E-state index contributed by atoms with van der Waals surface area (Å²) in [4.78, 5) is 16.6. The minimum atomic E-state index is -0.193. The van der Waals surface area contributed by atoms with Crippen LogP contribution in [0.25, 0.3) is 22.8 Å². The molecule has 0 radical (unpaired) electrons. The lowest BCUT2D eigenvalue weighted by molar-refractivity contribution is -0.123. The molecular weight excluding hydrogens is 370 g/mol. The number of hydrogen-bond donors (Lipinski definition) is 1. The molecule has 4 rings (SSSR count). The van der Waals surface area contributed by atoms with E-state index in [1.807, 2.05) is 49.4 Å². The van der Waals surface area contributed by atoms with Crippen molar-refractivity contribution in [2.24, 2.45) is 0 Å². The zero-order chi connectivity index (χ0) is 20.1. The number of carbonyl (C=O) groups excluding carboxylic acids is 1. The Balaban J connectivity index is 1.43. The molecule has 1 aliphatic rings. The topological polar surface area (TPSA) is 86.5 Å². The van der Waals surface area contributed by atoms with Gasteiger partial charge in [0.15, 0.2) is 6.61 Å². The average Bonchev–Trinajstić information content (AvgIpc) is 3.43. The number of hydrogen-bond acceptors (Lipinski definition) is 6. The van der Waals surface area contributed by atoms with E-state index >= 15 is 0 Å². The van der Waals surface area contributed by atoms with Gasteiger partial charge in [-0.05, 0) is 37.5 Å². The Hall–Kier alpha value is -3.19. The van der Waals surface area contributed by atoms with Crippen molar-refractivity contribution >= 4 is 5.91 Å². The Bertz CT molecular complexity index is 979. The van der Waals surface area contributed by atoms with Gasteiger partial charge in [-0.1, -0.05) is 41.6 Å². The first-order valence-corrected chi connectivity index (χ1v) is 9.71. The van der Waals surface area contributed by atoms with Crippen LogP contribution in [0, 0.1) is 6.92 Å². The molecule has 1 aliphatic heterocycles. The van der Waals surface area contributed by atoms with E-state index in [1.165, 1.54) is 0 Å². The molecule has 1 saturated heterocycles. The smallest absolute Gasteiger partial charge is 0.262 e. The van der Waals surface area contributed by atoms with E-state index in [0.29, 0.717) is 29.6 Å². The number of rotatable bonds is 7. The third-order valence-electron chi connectivity index (χ3n) is 4.84. The molecule has 2 aromatic carbocycles. The number of amides is 1. The summed E-state index contributed by atoms with van der Waals surface area (Å²) >= 11 is 0. The number of aryl methyl sites for hydroxylation is 1. The highest BCUT2D eigenvalue weighted by Gasteiger charge is 2.18. The monoisotopic (exact) mass is 393 g/mol. The number of benzene rings is 2. The second-order valence-corrected chi connectivity index (χ2v) is 6.96. The van der Waals surface area contributed by atoms with Gasteiger partial charge in [-0.15, -0.1) is 0 Å². The molecule has 1 atom stereocenters. The van der Waals surface area contributed by atoms with Crippen LogP contribution in [0.2, 0.25) is 0 Å². The molecule has 29 heavy (non-hydrogen) atoms. The molecule has 7 nitrogen and oxygen atoms in total. The van der Waals surface area contributed by atoms with Crippen LogP contribution in [0.4, 0.5) is 0 Å². The first-order chi connectivity index (χ1) is 14.2. The molecule has 150 valence electrons. The van der Waals surface area contributed by atoms with Gasteiger partial charge < -0.3 is 19.3 Å². The number of para-hydroxylation sites is 1. The van der Waals surface area contributed by atoms with E-state index in [9.17, 15) is 4.79 Å². The van der Waals surface area contributed by atoms with Gasteiger partial charge in [0.1, 0.15) is 5.75 Å². The van der Waals surface area contributed by atoms with Crippen LogP contribution >= 0.6 is 0 Å². The van der Waals surface area contributed by atoms with Crippen molar-refractivity contribution in [1.29, 1.82) is 0 Å². The lowest BCUT2D eigenvalue weighted by Crippen LogP contribution is -2.35. The highest BCUT2D eigenvalue weighted by atomic mass is 16.5. The van der Waals surface area contributed by atoms with Crippen LogP contribution < -0.4 is 10.1 Å². The van der Waals surface area contributed by atoms with E-state index in [2.05, 4.69) is 15.5 Å². The van der Waals surface area contributed by atoms with Crippen LogP contribution in [0.5, 0.6) is 5.75 Å². The molecule has 7 heteroatoms. The highest BCUT2D eigenvalue weighted by Crippen LogP contribution is 2.30. The van der Waals surface area contributed by atoms with Crippen molar-refractivity contribution < 1.29 is 18.8 Å². The van der Waals surface area contributed by atoms with Crippen molar-refractivity contribution in [2.75, 3.05) is 19.8 Å². The van der Waals surface area contributed by atoms with Gasteiger partial charge in [-0.3, -0.25) is 4.79 Å². The quantitative estimate of drug-likeness (QED) is 0.662. The molecule has 1 aromatic heterocycles. The maximum atomic E-state index is 12.1. The first kappa shape index (κ1) is 19.1. The normalized spacial score (nSPS) is 16.0. The van der Waals surface area contributed by atoms with Gasteiger partial charge in [0.05, 0.1) is 11.7 Å². The summed E-state index contributed by atoms with van der Waals surface area (Å²) in [5.74, 6) is 1.18. The molecule has 0 saturated carbocycles. The van der Waals surface area contributed by atoms with E-state index < -0.39 is 0 Å². The molecule has 2 heterocycles. The van der Waals surface area contributed by atoms with E-state index in [4.69, 9.17) is 14.0 Å². The van der Waals surface area contributed by atoms with Gasteiger partial charge >= 0.3 is 0 Å². The van der Waals surface area contributed by atoms with Gasteiger partial charge in [0.25, 0.3) is 11.8 Å². The number of carbonyl (C=O) groups is 1. The van der Waals surface area contributed by atoms with Gasteiger partial charge in [-0.2, -0.15) is 4.98 Å². The fourth-order valence-electron chi connectivity index (χ4n) is 3.26. The van der Waals surface area contributed by atoms with Gasteiger partial charge in [0, 0.05) is 18.7 Å². The third-order valence-corrected chi connectivity index (χ3v) is 4.84. The molecule has 1 fully saturated rings. The maximum absolute atomic E-state index is 12.1. The second kappa shape index (κ2) is 8.87. The summed E-state index contributed by atoms with van der Waals surface area (Å²) in [6.45, 7) is 3.17. The molecule has 1 N–H and O–H groups in total. The second-order valence-electron chi connectivity index (χ2n) is 6.96. The van der Waals surface area contributed by atoms with Crippen LogP contribution in [0.1, 0.15) is 18.4 Å². The van der Waals surface area contributed by atoms with E-state index in [-0.39, 0.29) is 18.6 Å². The molecular formula is C22H23N3O4. The van der Waals surface area contributed by atoms with Crippen LogP contribution in [0.15, 0.2) is 53.1 Å². The van der Waals surface area contributed by atoms with Crippen molar-refractivity contribution in [3.05, 3.63) is 54.1 Å². The number of aromatic nitrogens is 2. The van der Waals surface area contributed by atoms with Crippen molar-refractivity contribution in [2.45, 2.75) is 25.9 Å². The number of nitrogens with one attached hydrogen (secondary N) is 1. The van der Waals surface area contributed by atoms with E-state index in [0.717, 1.165) is 30.6 Å². The Morgan fingerprint density at radius 3 is 2.76 bits per heavy atom. The molecule has 1 amide bonds. The third kappa shape index (κ3) is 4.63. The average molecular weight is 393 g/mol. The summed E-state index contributed by atoms with van der Waals surface area (Å²) in [5, 5.41) is 6.94. The molecule has 0 aliphatic carbocycles. The standard InChI is InChI=1S/C22H23N3O4/c1-15-7-2-3-9-17(15)21-24-22(29-25-21)18-10-4-5-11-19(18)28-14-20(26)23-13-16-8-6-12-27-16/h2-5,7,9-11,16H,6,8,12-14H2,1H3,(H,23,26)/t16-/m1/s1. The summed E-state index contributed by atoms with van der Waals surface area (Å²) in [6, 6.07) is 15.1.